The molecule has 1 N–H and O–H groups in total. The van der Waals surface area contributed by atoms with Crippen LogP contribution in [0.3, 0.4) is 0 Å². The van der Waals surface area contributed by atoms with Crippen molar-refractivity contribution in [2.45, 2.75) is 33.4 Å². The number of furan rings is 1. The predicted molar refractivity (Wildman–Crippen MR) is 66.5 cm³/mol. The van der Waals surface area contributed by atoms with Crippen LogP contribution in [0.2, 0.25) is 0 Å². The number of aryl methyl sites for hydroxylation is 1. The van der Waals surface area contributed by atoms with Gasteiger partial charge in [-0.25, -0.2) is 4.98 Å². The lowest BCUT2D eigenvalue weighted by Gasteiger charge is -2.04. The van der Waals surface area contributed by atoms with Gasteiger partial charge in [-0.1, -0.05) is 13.8 Å². The molecule has 2 heterocycles. The normalized spacial score (nSPS) is 11.2. The van der Waals surface area contributed by atoms with E-state index >= 15 is 0 Å². The number of hydrogen-bond donors (Lipinski definition) is 1. The van der Waals surface area contributed by atoms with E-state index in [0.29, 0.717) is 6.04 Å². The predicted octanol–water partition coefficient (Wildman–Crippen LogP) is 3.21. The van der Waals surface area contributed by atoms with Crippen molar-refractivity contribution in [1.82, 2.24) is 10.3 Å². The van der Waals surface area contributed by atoms with E-state index in [4.69, 9.17) is 4.42 Å². The van der Waals surface area contributed by atoms with Crippen LogP contribution in [0.4, 0.5) is 0 Å². The molecule has 0 spiro atoms. The topological polar surface area (TPSA) is 38.1 Å². The first-order chi connectivity index (χ1) is 7.66. The number of rotatable bonds is 4. The van der Waals surface area contributed by atoms with Gasteiger partial charge in [0.05, 0.1) is 6.26 Å². The fraction of sp³-hybridized carbons (Fsp3) is 0.417. The fourth-order valence-electron chi connectivity index (χ4n) is 1.46. The van der Waals surface area contributed by atoms with Crippen LogP contribution in [0.5, 0.6) is 0 Å². The molecule has 2 rings (SSSR count). The summed E-state index contributed by atoms with van der Waals surface area (Å²) in [5, 5.41) is 4.47. The van der Waals surface area contributed by atoms with E-state index in [0.717, 1.165) is 23.0 Å². The Morgan fingerprint density at radius 3 is 2.94 bits per heavy atom. The Kier molecular flexibility index (Phi) is 3.41. The third-order valence-corrected chi connectivity index (χ3v) is 3.23. The SMILES string of the molecule is Cc1sc(CNC(C)C)nc1-c1ccco1. The van der Waals surface area contributed by atoms with Crippen LogP contribution in [0.25, 0.3) is 11.5 Å². The average molecular weight is 236 g/mol. The molecule has 4 heteroatoms. The van der Waals surface area contributed by atoms with Crippen molar-refractivity contribution in [2.24, 2.45) is 0 Å². The van der Waals surface area contributed by atoms with Gasteiger partial charge in [-0.15, -0.1) is 11.3 Å². The van der Waals surface area contributed by atoms with Crippen molar-refractivity contribution in [3.8, 4) is 11.5 Å². The van der Waals surface area contributed by atoms with Gasteiger partial charge in [0.25, 0.3) is 0 Å². The summed E-state index contributed by atoms with van der Waals surface area (Å²) in [4.78, 5) is 5.79. The second kappa shape index (κ2) is 4.80. The second-order valence-electron chi connectivity index (χ2n) is 4.03. The van der Waals surface area contributed by atoms with Crippen LogP contribution >= 0.6 is 11.3 Å². The zero-order chi connectivity index (χ0) is 11.5. The number of aromatic nitrogens is 1. The number of hydrogen-bond acceptors (Lipinski definition) is 4. The Balaban J connectivity index is 2.16. The standard InChI is InChI=1S/C12H16N2OS/c1-8(2)13-7-11-14-12(9(3)16-11)10-5-4-6-15-10/h4-6,8,13H,7H2,1-3H3. The van der Waals surface area contributed by atoms with Crippen LogP contribution in [0.15, 0.2) is 22.8 Å². The summed E-state index contributed by atoms with van der Waals surface area (Å²) in [6, 6.07) is 4.32. The van der Waals surface area contributed by atoms with Gasteiger partial charge in [0.15, 0.2) is 5.76 Å². The van der Waals surface area contributed by atoms with Gasteiger partial charge in [0.2, 0.25) is 0 Å². The van der Waals surface area contributed by atoms with E-state index in [2.05, 4.69) is 31.1 Å². The summed E-state index contributed by atoms with van der Waals surface area (Å²) in [7, 11) is 0. The number of nitrogens with zero attached hydrogens (tertiary/aromatic N) is 1. The van der Waals surface area contributed by atoms with Crippen LogP contribution < -0.4 is 5.32 Å². The minimum atomic E-state index is 0.483. The molecule has 86 valence electrons. The van der Waals surface area contributed by atoms with Crippen molar-refractivity contribution in [3.05, 3.63) is 28.3 Å². The molecule has 0 saturated heterocycles. The summed E-state index contributed by atoms with van der Waals surface area (Å²) in [5.41, 5.74) is 0.968. The largest absolute Gasteiger partial charge is 0.463 e. The van der Waals surface area contributed by atoms with Gasteiger partial charge < -0.3 is 9.73 Å². The van der Waals surface area contributed by atoms with Crippen LogP contribution in [-0.4, -0.2) is 11.0 Å². The smallest absolute Gasteiger partial charge is 0.153 e. The lowest BCUT2D eigenvalue weighted by atomic mass is 10.3. The van der Waals surface area contributed by atoms with E-state index in [1.54, 1.807) is 17.6 Å². The minimum absolute atomic E-state index is 0.483. The molecule has 0 amide bonds. The quantitative estimate of drug-likeness (QED) is 0.885. The van der Waals surface area contributed by atoms with Crippen molar-refractivity contribution in [1.29, 1.82) is 0 Å². The molecular formula is C12H16N2OS. The molecule has 0 unspecified atom stereocenters. The molecule has 0 aliphatic carbocycles. The summed E-state index contributed by atoms with van der Waals surface area (Å²) >= 11 is 1.72. The van der Waals surface area contributed by atoms with E-state index in [-0.39, 0.29) is 0 Å². The Hall–Kier alpha value is -1.13. The highest BCUT2D eigenvalue weighted by Crippen LogP contribution is 2.27. The maximum Gasteiger partial charge on any atom is 0.153 e. The first kappa shape index (κ1) is 11.4. The van der Waals surface area contributed by atoms with E-state index in [1.807, 2.05) is 12.1 Å². The Morgan fingerprint density at radius 2 is 2.31 bits per heavy atom. The molecule has 2 aromatic heterocycles. The lowest BCUT2D eigenvalue weighted by molar-refractivity contribution is 0.576. The van der Waals surface area contributed by atoms with E-state index < -0.39 is 0 Å². The first-order valence-corrected chi connectivity index (χ1v) is 6.22. The van der Waals surface area contributed by atoms with Gasteiger partial charge >= 0.3 is 0 Å². The van der Waals surface area contributed by atoms with Crippen LogP contribution in [-0.2, 0) is 6.54 Å². The molecule has 0 saturated carbocycles. The summed E-state index contributed by atoms with van der Waals surface area (Å²) in [6.45, 7) is 7.17. The molecule has 0 radical (unpaired) electrons. The summed E-state index contributed by atoms with van der Waals surface area (Å²) in [5.74, 6) is 0.851. The van der Waals surface area contributed by atoms with Crippen molar-refractivity contribution < 1.29 is 4.42 Å². The van der Waals surface area contributed by atoms with Crippen molar-refractivity contribution in [2.75, 3.05) is 0 Å². The zero-order valence-corrected chi connectivity index (χ0v) is 10.6. The van der Waals surface area contributed by atoms with Gasteiger partial charge in [0.1, 0.15) is 10.7 Å². The summed E-state index contributed by atoms with van der Waals surface area (Å²) in [6.07, 6.45) is 1.68. The number of thiazole rings is 1. The van der Waals surface area contributed by atoms with Gasteiger partial charge in [-0.3, -0.25) is 0 Å². The monoisotopic (exact) mass is 236 g/mol. The van der Waals surface area contributed by atoms with E-state index in [9.17, 15) is 0 Å². The maximum absolute atomic E-state index is 5.36. The molecular weight excluding hydrogens is 220 g/mol. The molecule has 0 aliphatic heterocycles. The Bertz CT molecular complexity index is 446. The highest BCUT2D eigenvalue weighted by atomic mass is 32.1. The highest BCUT2D eigenvalue weighted by molar-refractivity contribution is 7.12. The molecule has 0 fully saturated rings. The molecule has 0 atom stereocenters. The van der Waals surface area contributed by atoms with Gasteiger partial charge in [-0.05, 0) is 19.1 Å². The minimum Gasteiger partial charge on any atom is -0.463 e. The third kappa shape index (κ3) is 2.51. The third-order valence-electron chi connectivity index (χ3n) is 2.26. The van der Waals surface area contributed by atoms with Crippen molar-refractivity contribution in [3.63, 3.8) is 0 Å². The maximum atomic E-state index is 5.36. The molecule has 0 aromatic carbocycles. The molecule has 0 bridgehead atoms. The molecule has 3 nitrogen and oxygen atoms in total. The molecule has 0 aliphatic rings. The van der Waals surface area contributed by atoms with Crippen molar-refractivity contribution >= 4 is 11.3 Å². The second-order valence-corrected chi connectivity index (χ2v) is 5.31. The van der Waals surface area contributed by atoms with Gasteiger partial charge in [-0.2, -0.15) is 0 Å². The van der Waals surface area contributed by atoms with Crippen LogP contribution in [0.1, 0.15) is 23.7 Å². The highest BCUT2D eigenvalue weighted by Gasteiger charge is 2.11. The summed E-state index contributed by atoms with van der Waals surface area (Å²) < 4.78 is 5.36. The zero-order valence-electron chi connectivity index (χ0n) is 9.78. The Morgan fingerprint density at radius 1 is 1.50 bits per heavy atom. The first-order valence-electron chi connectivity index (χ1n) is 5.40. The van der Waals surface area contributed by atoms with Crippen LogP contribution in [0, 0.1) is 6.92 Å². The Labute approximate surface area is 99.5 Å². The van der Waals surface area contributed by atoms with E-state index in [1.165, 1.54) is 4.88 Å². The fourth-order valence-corrected chi connectivity index (χ4v) is 2.35. The lowest BCUT2D eigenvalue weighted by Crippen LogP contribution is -2.21. The number of nitrogens with one attached hydrogen (secondary N) is 1. The molecule has 2 aromatic rings. The molecule has 16 heavy (non-hydrogen) atoms. The average Bonchev–Trinajstić information content (AvgIpc) is 2.83. The van der Waals surface area contributed by atoms with Gasteiger partial charge in [0, 0.05) is 17.5 Å².